The normalized spacial score (nSPS) is 10.5. The molecular formula is C14H18N2S. The molecule has 0 saturated carbocycles. The van der Waals surface area contributed by atoms with Crippen LogP contribution >= 0.6 is 11.3 Å². The molecule has 2 nitrogen and oxygen atoms in total. The van der Waals surface area contributed by atoms with Crippen molar-refractivity contribution in [1.29, 1.82) is 0 Å². The number of hydrogen-bond donors (Lipinski definition) is 1. The number of anilines is 2. The van der Waals surface area contributed by atoms with Gasteiger partial charge in [-0.3, -0.25) is 0 Å². The Hall–Kier alpha value is -1.48. The number of rotatable bonds is 3. The van der Waals surface area contributed by atoms with E-state index in [1.54, 1.807) is 11.3 Å². The first-order valence-electron chi connectivity index (χ1n) is 5.67. The molecule has 3 heteroatoms. The van der Waals surface area contributed by atoms with Crippen LogP contribution in [0.3, 0.4) is 0 Å². The van der Waals surface area contributed by atoms with Crippen molar-refractivity contribution in [3.8, 4) is 0 Å². The maximum absolute atomic E-state index is 6.08. The minimum Gasteiger partial charge on any atom is -0.397 e. The fourth-order valence-corrected chi connectivity index (χ4v) is 2.56. The van der Waals surface area contributed by atoms with Gasteiger partial charge in [-0.05, 0) is 59.5 Å². The smallest absolute Gasteiger partial charge is 0.0603 e. The number of thiophene rings is 1. The van der Waals surface area contributed by atoms with Gasteiger partial charge in [-0.25, -0.2) is 0 Å². The third-order valence-corrected chi connectivity index (χ3v) is 3.79. The van der Waals surface area contributed by atoms with Gasteiger partial charge in [-0.15, -0.1) is 0 Å². The minimum absolute atomic E-state index is 0.853. The predicted octanol–water partition coefficient (Wildman–Crippen LogP) is 3.58. The summed E-state index contributed by atoms with van der Waals surface area (Å²) in [6, 6.07) is 6.37. The molecule has 0 amide bonds. The van der Waals surface area contributed by atoms with Crippen LogP contribution in [-0.2, 0) is 6.54 Å². The molecule has 0 atom stereocenters. The summed E-state index contributed by atoms with van der Waals surface area (Å²) >= 11 is 1.73. The highest BCUT2D eigenvalue weighted by atomic mass is 32.1. The highest BCUT2D eigenvalue weighted by Crippen LogP contribution is 2.27. The second-order valence-corrected chi connectivity index (χ2v) is 5.26. The van der Waals surface area contributed by atoms with Gasteiger partial charge in [0.15, 0.2) is 0 Å². The maximum atomic E-state index is 6.08. The second kappa shape index (κ2) is 4.80. The summed E-state index contributed by atoms with van der Waals surface area (Å²) in [4.78, 5) is 2.20. The molecule has 0 aliphatic heterocycles. The minimum atomic E-state index is 0.853. The molecule has 0 bridgehead atoms. The van der Waals surface area contributed by atoms with Crippen LogP contribution in [0.5, 0.6) is 0 Å². The largest absolute Gasteiger partial charge is 0.397 e. The van der Waals surface area contributed by atoms with Gasteiger partial charge in [0.2, 0.25) is 0 Å². The van der Waals surface area contributed by atoms with E-state index in [0.717, 1.165) is 17.9 Å². The molecule has 0 spiro atoms. The van der Waals surface area contributed by atoms with Gasteiger partial charge in [0.1, 0.15) is 0 Å². The molecule has 1 aromatic carbocycles. The highest BCUT2D eigenvalue weighted by Gasteiger charge is 2.08. The Morgan fingerprint density at radius 2 is 1.94 bits per heavy atom. The summed E-state index contributed by atoms with van der Waals surface area (Å²) in [5.74, 6) is 0. The summed E-state index contributed by atoms with van der Waals surface area (Å²) in [6.45, 7) is 5.11. The molecule has 0 aliphatic carbocycles. The molecule has 2 rings (SSSR count). The SMILES string of the molecule is Cc1cc(N)c(N(C)Cc2ccsc2)cc1C. The van der Waals surface area contributed by atoms with Gasteiger partial charge in [-0.1, -0.05) is 0 Å². The first-order chi connectivity index (χ1) is 8.08. The van der Waals surface area contributed by atoms with Crippen LogP contribution in [0.4, 0.5) is 11.4 Å². The van der Waals surface area contributed by atoms with E-state index < -0.39 is 0 Å². The molecule has 1 heterocycles. The van der Waals surface area contributed by atoms with Crippen LogP contribution in [0.25, 0.3) is 0 Å². The number of nitrogens with two attached hydrogens (primary N) is 1. The van der Waals surface area contributed by atoms with Crippen molar-refractivity contribution in [2.75, 3.05) is 17.7 Å². The third-order valence-electron chi connectivity index (χ3n) is 3.05. The van der Waals surface area contributed by atoms with Gasteiger partial charge in [-0.2, -0.15) is 11.3 Å². The Morgan fingerprint density at radius 1 is 1.24 bits per heavy atom. The summed E-state index contributed by atoms with van der Waals surface area (Å²) in [5.41, 5.74) is 11.9. The number of nitrogens with zero attached hydrogens (tertiary/aromatic N) is 1. The van der Waals surface area contributed by atoms with E-state index >= 15 is 0 Å². The van der Waals surface area contributed by atoms with Gasteiger partial charge in [0, 0.05) is 13.6 Å². The van der Waals surface area contributed by atoms with Crippen molar-refractivity contribution >= 4 is 22.7 Å². The lowest BCUT2D eigenvalue weighted by molar-refractivity contribution is 0.927. The topological polar surface area (TPSA) is 29.3 Å². The van der Waals surface area contributed by atoms with Crippen LogP contribution in [0.2, 0.25) is 0 Å². The molecule has 2 aromatic rings. The fourth-order valence-electron chi connectivity index (χ4n) is 1.90. The quantitative estimate of drug-likeness (QED) is 0.839. The summed E-state index contributed by atoms with van der Waals surface area (Å²) < 4.78 is 0. The van der Waals surface area contributed by atoms with Gasteiger partial charge in [0.05, 0.1) is 11.4 Å². The first-order valence-corrected chi connectivity index (χ1v) is 6.61. The molecule has 0 aliphatic rings. The van der Waals surface area contributed by atoms with Gasteiger partial charge in [0.25, 0.3) is 0 Å². The predicted molar refractivity (Wildman–Crippen MR) is 76.8 cm³/mol. The molecular weight excluding hydrogens is 228 g/mol. The molecule has 90 valence electrons. The van der Waals surface area contributed by atoms with Crippen molar-refractivity contribution < 1.29 is 0 Å². The third kappa shape index (κ3) is 2.61. The van der Waals surface area contributed by atoms with Crippen molar-refractivity contribution in [3.63, 3.8) is 0 Å². The van der Waals surface area contributed by atoms with Crippen LogP contribution in [0, 0.1) is 13.8 Å². The number of nitrogen functional groups attached to an aromatic ring is 1. The Bertz CT molecular complexity index is 503. The molecule has 2 N–H and O–H groups in total. The average Bonchev–Trinajstić information content (AvgIpc) is 2.76. The fraction of sp³-hybridized carbons (Fsp3) is 0.286. The number of hydrogen-bond acceptors (Lipinski definition) is 3. The Labute approximate surface area is 107 Å². The number of benzene rings is 1. The molecule has 0 unspecified atom stereocenters. The van der Waals surface area contributed by atoms with Crippen LogP contribution in [0.1, 0.15) is 16.7 Å². The maximum Gasteiger partial charge on any atom is 0.0603 e. The summed E-state index contributed by atoms with van der Waals surface area (Å²) in [7, 11) is 2.08. The van der Waals surface area contributed by atoms with Crippen molar-refractivity contribution in [1.82, 2.24) is 0 Å². The number of aryl methyl sites for hydroxylation is 2. The second-order valence-electron chi connectivity index (χ2n) is 4.48. The monoisotopic (exact) mass is 246 g/mol. The molecule has 0 radical (unpaired) electrons. The Kier molecular flexibility index (Phi) is 3.38. The Morgan fingerprint density at radius 3 is 2.59 bits per heavy atom. The van der Waals surface area contributed by atoms with E-state index in [1.807, 2.05) is 0 Å². The van der Waals surface area contributed by atoms with Crippen LogP contribution in [-0.4, -0.2) is 7.05 Å². The zero-order valence-electron chi connectivity index (χ0n) is 10.5. The van der Waals surface area contributed by atoms with Crippen LogP contribution < -0.4 is 10.6 Å². The lowest BCUT2D eigenvalue weighted by atomic mass is 10.1. The molecule has 1 aromatic heterocycles. The highest BCUT2D eigenvalue weighted by molar-refractivity contribution is 7.07. The average molecular weight is 246 g/mol. The van der Waals surface area contributed by atoms with E-state index in [0.29, 0.717) is 0 Å². The molecule has 0 saturated heterocycles. The van der Waals surface area contributed by atoms with E-state index in [4.69, 9.17) is 5.73 Å². The van der Waals surface area contributed by atoms with Gasteiger partial charge >= 0.3 is 0 Å². The van der Waals surface area contributed by atoms with Gasteiger partial charge < -0.3 is 10.6 Å². The lowest BCUT2D eigenvalue weighted by Gasteiger charge is -2.22. The van der Waals surface area contributed by atoms with E-state index in [9.17, 15) is 0 Å². The van der Waals surface area contributed by atoms with E-state index in [2.05, 4.69) is 54.8 Å². The molecule has 17 heavy (non-hydrogen) atoms. The summed E-state index contributed by atoms with van der Waals surface area (Å²) in [5, 5.41) is 4.28. The van der Waals surface area contributed by atoms with Crippen molar-refractivity contribution in [2.24, 2.45) is 0 Å². The van der Waals surface area contributed by atoms with Crippen molar-refractivity contribution in [3.05, 3.63) is 45.6 Å². The lowest BCUT2D eigenvalue weighted by Crippen LogP contribution is -2.17. The molecule has 0 fully saturated rings. The zero-order chi connectivity index (χ0) is 12.4. The standard InChI is InChI=1S/C14H18N2S/c1-10-6-13(15)14(7-11(10)2)16(3)8-12-4-5-17-9-12/h4-7,9H,8,15H2,1-3H3. The van der Waals surface area contributed by atoms with Crippen molar-refractivity contribution in [2.45, 2.75) is 20.4 Å². The van der Waals surface area contributed by atoms with E-state index in [-0.39, 0.29) is 0 Å². The Balaban J connectivity index is 2.24. The van der Waals surface area contributed by atoms with Crippen LogP contribution in [0.15, 0.2) is 29.0 Å². The van der Waals surface area contributed by atoms with E-state index in [1.165, 1.54) is 16.7 Å². The zero-order valence-corrected chi connectivity index (χ0v) is 11.3. The first kappa shape index (κ1) is 12.0. The summed E-state index contributed by atoms with van der Waals surface area (Å²) in [6.07, 6.45) is 0.